The molecule has 2 aromatic rings. The van der Waals surface area contributed by atoms with E-state index >= 15 is 0 Å². The molecular weight excluding hydrogens is 348 g/mol. The predicted octanol–water partition coefficient (Wildman–Crippen LogP) is 3.15. The first-order chi connectivity index (χ1) is 12.6. The topological polar surface area (TPSA) is 79.2 Å². The Morgan fingerprint density at radius 2 is 1.85 bits per heavy atom. The minimum Gasteiger partial charge on any atom is -0.459 e. The van der Waals surface area contributed by atoms with Crippen molar-refractivity contribution in [3.63, 3.8) is 0 Å². The summed E-state index contributed by atoms with van der Waals surface area (Å²) in [6.07, 6.45) is 2.43. The highest BCUT2D eigenvalue weighted by molar-refractivity contribution is 7.98. The molecule has 1 N–H and O–H groups in total. The summed E-state index contributed by atoms with van der Waals surface area (Å²) in [7, 11) is 0. The van der Waals surface area contributed by atoms with E-state index in [1.807, 2.05) is 18.4 Å². The van der Waals surface area contributed by atoms with E-state index in [4.69, 9.17) is 10.00 Å². The van der Waals surface area contributed by atoms with Crippen LogP contribution in [0.25, 0.3) is 0 Å². The maximum absolute atomic E-state index is 12.4. The fourth-order valence-electron chi connectivity index (χ4n) is 2.25. The minimum atomic E-state index is -0.700. The number of nitrogens with one attached hydrogen (secondary N) is 1. The lowest BCUT2D eigenvalue weighted by atomic mass is 10.1. The number of hydrogen-bond acceptors (Lipinski definition) is 5. The second-order valence-corrected chi connectivity index (χ2v) is 6.58. The van der Waals surface area contributed by atoms with Gasteiger partial charge in [0.25, 0.3) is 5.91 Å². The fraction of sp³-hybridized carbons (Fsp3) is 0.250. The van der Waals surface area contributed by atoms with Crippen LogP contribution in [0.15, 0.2) is 54.6 Å². The Morgan fingerprint density at radius 3 is 2.46 bits per heavy atom. The molecule has 5 nitrogen and oxygen atoms in total. The zero-order chi connectivity index (χ0) is 18.8. The van der Waals surface area contributed by atoms with Crippen molar-refractivity contribution in [2.24, 2.45) is 0 Å². The molecule has 1 amide bonds. The largest absolute Gasteiger partial charge is 0.459 e. The molecule has 0 spiro atoms. The molecule has 0 aliphatic rings. The van der Waals surface area contributed by atoms with Crippen molar-refractivity contribution < 1.29 is 14.3 Å². The van der Waals surface area contributed by atoms with Crippen LogP contribution in [0.3, 0.4) is 0 Å². The van der Waals surface area contributed by atoms with Crippen LogP contribution in [0.1, 0.15) is 27.9 Å². The summed E-state index contributed by atoms with van der Waals surface area (Å²) in [5.41, 5.74) is 1.84. The van der Waals surface area contributed by atoms with Crippen LogP contribution in [0.4, 0.5) is 0 Å². The Kier molecular flexibility index (Phi) is 7.72. The van der Waals surface area contributed by atoms with Crippen LogP contribution >= 0.6 is 11.8 Å². The van der Waals surface area contributed by atoms with E-state index in [2.05, 4.69) is 5.32 Å². The van der Waals surface area contributed by atoms with Gasteiger partial charge in [0.2, 0.25) is 0 Å². The lowest BCUT2D eigenvalue weighted by molar-refractivity contribution is -0.147. The molecule has 0 bridgehead atoms. The first-order valence-electron chi connectivity index (χ1n) is 8.14. The van der Waals surface area contributed by atoms with Crippen LogP contribution in [0, 0.1) is 11.3 Å². The van der Waals surface area contributed by atoms with Gasteiger partial charge in [-0.15, -0.1) is 0 Å². The lowest BCUT2D eigenvalue weighted by Crippen LogP contribution is -2.42. The number of esters is 1. The first kappa shape index (κ1) is 19.5. The molecule has 2 aromatic carbocycles. The highest BCUT2D eigenvalue weighted by Crippen LogP contribution is 2.09. The number of ether oxygens (including phenoxy) is 1. The highest BCUT2D eigenvalue weighted by Gasteiger charge is 2.22. The molecule has 26 heavy (non-hydrogen) atoms. The van der Waals surface area contributed by atoms with Crippen molar-refractivity contribution in [1.82, 2.24) is 5.32 Å². The summed E-state index contributed by atoms with van der Waals surface area (Å²) in [5, 5.41) is 11.6. The van der Waals surface area contributed by atoms with E-state index in [1.165, 1.54) is 0 Å². The number of thioether (sulfide) groups is 1. The van der Waals surface area contributed by atoms with Crippen molar-refractivity contribution in [2.45, 2.75) is 19.1 Å². The predicted molar refractivity (Wildman–Crippen MR) is 102 cm³/mol. The van der Waals surface area contributed by atoms with E-state index in [0.29, 0.717) is 17.5 Å². The quantitative estimate of drug-likeness (QED) is 0.724. The van der Waals surface area contributed by atoms with Crippen molar-refractivity contribution in [3.05, 3.63) is 71.3 Å². The Morgan fingerprint density at radius 1 is 1.15 bits per heavy atom. The summed E-state index contributed by atoms with van der Waals surface area (Å²) in [4.78, 5) is 24.7. The molecule has 0 unspecified atom stereocenters. The zero-order valence-electron chi connectivity index (χ0n) is 14.5. The normalized spacial score (nSPS) is 11.2. The summed E-state index contributed by atoms with van der Waals surface area (Å²) < 4.78 is 5.35. The Bertz CT molecular complexity index is 770. The average Bonchev–Trinajstić information content (AvgIpc) is 2.70. The molecule has 0 radical (unpaired) electrons. The highest BCUT2D eigenvalue weighted by atomic mass is 32.2. The molecule has 0 saturated heterocycles. The van der Waals surface area contributed by atoms with Crippen LogP contribution in [0.2, 0.25) is 0 Å². The third-order valence-corrected chi connectivity index (χ3v) is 4.34. The summed E-state index contributed by atoms with van der Waals surface area (Å²) in [6, 6.07) is 16.9. The Labute approximate surface area is 157 Å². The molecule has 0 saturated carbocycles. The molecule has 0 heterocycles. The number of amides is 1. The molecule has 1 atom stereocenters. The molecule has 0 aliphatic carbocycles. The number of carbonyl (C=O) groups excluding carboxylic acids is 2. The number of benzene rings is 2. The monoisotopic (exact) mass is 368 g/mol. The van der Waals surface area contributed by atoms with Gasteiger partial charge in [-0.2, -0.15) is 17.0 Å². The van der Waals surface area contributed by atoms with Gasteiger partial charge in [0.15, 0.2) is 0 Å². The fourth-order valence-corrected chi connectivity index (χ4v) is 2.72. The van der Waals surface area contributed by atoms with E-state index in [9.17, 15) is 9.59 Å². The summed E-state index contributed by atoms with van der Waals surface area (Å²) in [5.74, 6) is -0.0363. The van der Waals surface area contributed by atoms with Crippen molar-refractivity contribution >= 4 is 23.6 Å². The van der Waals surface area contributed by atoms with Gasteiger partial charge in [0.05, 0.1) is 11.6 Å². The van der Waals surface area contributed by atoms with Gasteiger partial charge in [-0.1, -0.05) is 30.3 Å². The first-order valence-corrected chi connectivity index (χ1v) is 9.54. The van der Waals surface area contributed by atoms with Crippen LogP contribution < -0.4 is 5.32 Å². The van der Waals surface area contributed by atoms with E-state index in [0.717, 1.165) is 11.3 Å². The molecule has 2 rings (SSSR count). The van der Waals surface area contributed by atoms with Gasteiger partial charge >= 0.3 is 5.97 Å². The van der Waals surface area contributed by atoms with E-state index in [-0.39, 0.29) is 12.5 Å². The SMILES string of the molecule is CSCC[C@H](NC(=O)c1ccccc1)C(=O)OCc1ccc(C#N)cc1. The second-order valence-electron chi connectivity index (χ2n) is 5.59. The van der Waals surface area contributed by atoms with Crippen LogP contribution in [0.5, 0.6) is 0 Å². The minimum absolute atomic E-state index is 0.0987. The second kappa shape index (κ2) is 10.3. The van der Waals surface area contributed by atoms with Gasteiger partial charge in [-0.25, -0.2) is 4.79 Å². The Hall–Kier alpha value is -2.78. The van der Waals surface area contributed by atoms with Gasteiger partial charge < -0.3 is 10.1 Å². The molecular formula is C20H20N2O3S. The van der Waals surface area contributed by atoms with Gasteiger partial charge in [-0.05, 0) is 48.3 Å². The maximum atomic E-state index is 12.4. The van der Waals surface area contributed by atoms with Gasteiger partial charge in [0, 0.05) is 5.56 Å². The van der Waals surface area contributed by atoms with Gasteiger partial charge in [-0.3, -0.25) is 4.79 Å². The van der Waals surface area contributed by atoms with Crippen molar-refractivity contribution in [2.75, 3.05) is 12.0 Å². The summed E-state index contributed by atoms with van der Waals surface area (Å²) >= 11 is 1.60. The molecule has 0 aromatic heterocycles. The number of hydrogen-bond donors (Lipinski definition) is 1. The molecule has 0 aliphatic heterocycles. The number of nitrogens with zero attached hydrogens (tertiary/aromatic N) is 1. The molecule has 0 fully saturated rings. The number of nitriles is 1. The standard InChI is InChI=1S/C20H20N2O3S/c1-26-12-11-18(22-19(23)17-5-3-2-4-6-17)20(24)25-14-16-9-7-15(13-21)8-10-16/h2-10,18H,11-12,14H2,1H3,(H,22,23)/t18-/m0/s1. The lowest BCUT2D eigenvalue weighted by Gasteiger charge is -2.17. The van der Waals surface area contributed by atoms with Gasteiger partial charge in [0.1, 0.15) is 12.6 Å². The smallest absolute Gasteiger partial charge is 0.329 e. The van der Waals surface area contributed by atoms with E-state index in [1.54, 1.807) is 60.3 Å². The Balaban J connectivity index is 1.96. The summed E-state index contributed by atoms with van der Waals surface area (Å²) in [6.45, 7) is 0.0987. The van der Waals surface area contributed by atoms with Crippen molar-refractivity contribution in [3.8, 4) is 6.07 Å². The zero-order valence-corrected chi connectivity index (χ0v) is 15.3. The number of carbonyl (C=O) groups is 2. The van der Waals surface area contributed by atoms with Crippen LogP contribution in [-0.2, 0) is 16.1 Å². The maximum Gasteiger partial charge on any atom is 0.329 e. The molecule has 6 heteroatoms. The van der Waals surface area contributed by atoms with Crippen molar-refractivity contribution in [1.29, 1.82) is 5.26 Å². The third kappa shape index (κ3) is 5.94. The average molecular weight is 368 g/mol. The number of rotatable bonds is 8. The van der Waals surface area contributed by atoms with E-state index < -0.39 is 12.0 Å². The van der Waals surface area contributed by atoms with Crippen LogP contribution in [-0.4, -0.2) is 29.9 Å². The third-order valence-electron chi connectivity index (χ3n) is 3.70. The molecule has 134 valence electrons.